The Morgan fingerprint density at radius 1 is 0.975 bits per heavy atom. The zero-order valence-electron chi connectivity index (χ0n) is 22.2. The van der Waals surface area contributed by atoms with Crippen LogP contribution >= 0.6 is 0 Å². The first kappa shape index (κ1) is 29.0. The van der Waals surface area contributed by atoms with E-state index in [0.29, 0.717) is 38.3 Å². The fraction of sp³-hybridized carbons (Fsp3) is 0.267. The van der Waals surface area contributed by atoms with Gasteiger partial charge in [-0.2, -0.15) is 4.41 Å². The number of rotatable bonds is 9. The van der Waals surface area contributed by atoms with Gasteiger partial charge in [-0.25, -0.2) is 5.01 Å². The van der Waals surface area contributed by atoms with E-state index >= 15 is 0 Å². The molecule has 0 bridgehead atoms. The third-order valence-corrected chi connectivity index (χ3v) is 7.44. The zero-order chi connectivity index (χ0) is 28.5. The van der Waals surface area contributed by atoms with E-state index in [-0.39, 0.29) is 12.3 Å². The maximum atomic E-state index is 12.6. The van der Waals surface area contributed by atoms with Crippen LogP contribution in [0, 0.1) is 11.8 Å². The van der Waals surface area contributed by atoms with E-state index in [4.69, 9.17) is 5.11 Å². The van der Waals surface area contributed by atoms with Crippen molar-refractivity contribution in [1.82, 2.24) is 14.7 Å². The Kier molecular flexibility index (Phi) is 10.0. The normalized spacial score (nSPS) is 15.1. The Labute approximate surface area is 236 Å². The minimum Gasteiger partial charge on any atom is -0.759 e. The maximum absolute atomic E-state index is 12.6. The average molecular weight is 560 g/mol. The fourth-order valence-electron chi connectivity index (χ4n) is 4.52. The largest absolute Gasteiger partial charge is 0.759 e. The minimum atomic E-state index is -2.55. The van der Waals surface area contributed by atoms with Crippen LogP contribution in [0.15, 0.2) is 78.9 Å². The minimum absolute atomic E-state index is 0.155. The van der Waals surface area contributed by atoms with E-state index in [1.807, 2.05) is 66.7 Å². The first-order valence-corrected chi connectivity index (χ1v) is 14.0. The summed E-state index contributed by atoms with van der Waals surface area (Å²) in [6.07, 6.45) is -0.261. The molecule has 0 saturated carbocycles. The Morgan fingerprint density at radius 3 is 2.30 bits per heavy atom. The number of anilines is 1. The van der Waals surface area contributed by atoms with Crippen LogP contribution in [0.1, 0.15) is 40.4 Å². The second-order valence-electron chi connectivity index (χ2n) is 9.45. The van der Waals surface area contributed by atoms with Crippen LogP contribution in [0.5, 0.6) is 0 Å². The second kappa shape index (κ2) is 13.9. The number of carboxylic acid groups (broad SMARTS) is 1. The van der Waals surface area contributed by atoms with Crippen molar-refractivity contribution in [2.45, 2.75) is 25.9 Å². The average Bonchev–Trinajstić information content (AvgIpc) is 2.96. The van der Waals surface area contributed by atoms with Crippen molar-refractivity contribution < 1.29 is 23.5 Å². The number of nitrogens with one attached hydrogen (secondary N) is 1. The number of hydrogen-bond donors (Lipinski definition) is 2. The molecular formula is C30H31N4O5S-. The molecule has 1 aliphatic rings. The van der Waals surface area contributed by atoms with Gasteiger partial charge >= 0.3 is 5.97 Å². The molecule has 2 N–H and O–H groups in total. The number of hydrogen-bond acceptors (Lipinski definition) is 6. The molecule has 1 fully saturated rings. The summed E-state index contributed by atoms with van der Waals surface area (Å²) in [4.78, 5) is 25.8. The molecule has 0 spiro atoms. The molecule has 0 aromatic heterocycles. The number of carboxylic acids is 1. The van der Waals surface area contributed by atoms with Crippen molar-refractivity contribution in [3.63, 3.8) is 0 Å². The molecule has 2 unspecified atom stereocenters. The van der Waals surface area contributed by atoms with E-state index < -0.39 is 23.3 Å². The van der Waals surface area contributed by atoms with Crippen LogP contribution in [0.3, 0.4) is 0 Å². The monoisotopic (exact) mass is 559 g/mol. The van der Waals surface area contributed by atoms with Crippen molar-refractivity contribution in [3.8, 4) is 11.8 Å². The standard InChI is InChI=1S/C30H32N4O5S/c1-23(20-29(35)36)34(40(38)39)33-18-16-32(17-19-33)28-14-12-24(13-15-28)10-11-25-8-5-9-27(21-25)30(37)31-22-26-6-3-2-4-7-26/h2-9,12-15,21,23H,16-20,22H2,1H3,(H,31,37)(H,35,36)(H,38,39)/p-1. The summed E-state index contributed by atoms with van der Waals surface area (Å²) >= 11 is -2.55. The molecule has 3 aromatic rings. The van der Waals surface area contributed by atoms with Gasteiger partial charge in [0.1, 0.15) is 0 Å². The van der Waals surface area contributed by atoms with E-state index in [1.54, 1.807) is 24.1 Å². The van der Waals surface area contributed by atoms with Crippen LogP contribution in [-0.2, 0) is 22.6 Å². The molecule has 2 atom stereocenters. The molecule has 4 rings (SSSR count). The predicted octanol–water partition coefficient (Wildman–Crippen LogP) is 3.01. The predicted molar refractivity (Wildman–Crippen MR) is 153 cm³/mol. The van der Waals surface area contributed by atoms with Gasteiger partial charge in [-0.1, -0.05) is 48.2 Å². The summed E-state index contributed by atoms with van der Waals surface area (Å²) in [5.41, 5.74) is 4.15. The quantitative estimate of drug-likeness (QED) is 0.306. The van der Waals surface area contributed by atoms with Gasteiger partial charge in [-0.15, -0.1) is 0 Å². The van der Waals surface area contributed by atoms with Crippen molar-refractivity contribution in [1.29, 1.82) is 0 Å². The first-order chi connectivity index (χ1) is 19.3. The SMILES string of the molecule is CC(CC(=O)O)N(N1CCN(c2ccc(C#Cc3cccc(C(=O)NCc4ccccc4)c3)cc2)CC1)S(=O)[O-]. The molecule has 0 aliphatic carbocycles. The van der Waals surface area contributed by atoms with E-state index in [2.05, 4.69) is 22.1 Å². The number of piperazine rings is 1. The van der Waals surface area contributed by atoms with Gasteiger partial charge in [-0.05, 0) is 55.0 Å². The fourth-order valence-corrected chi connectivity index (χ4v) is 5.24. The number of nitrogens with zero attached hydrogens (tertiary/aromatic N) is 3. The Balaban J connectivity index is 1.33. The molecular weight excluding hydrogens is 528 g/mol. The van der Waals surface area contributed by atoms with E-state index in [0.717, 1.165) is 26.8 Å². The summed E-state index contributed by atoms with van der Waals surface area (Å²) in [6, 6.07) is 24.1. The number of aliphatic carboxylic acids is 1. The summed E-state index contributed by atoms with van der Waals surface area (Å²) in [5, 5.41) is 13.7. The van der Waals surface area contributed by atoms with Gasteiger partial charge in [-0.3, -0.25) is 13.8 Å². The van der Waals surface area contributed by atoms with Crippen molar-refractivity contribution in [2.24, 2.45) is 0 Å². The zero-order valence-corrected chi connectivity index (χ0v) is 23.0. The molecule has 1 heterocycles. The third kappa shape index (κ3) is 8.00. The number of amides is 1. The number of hydrazine groups is 1. The molecule has 40 heavy (non-hydrogen) atoms. The van der Waals surface area contributed by atoms with Crippen molar-refractivity contribution in [3.05, 3.63) is 101 Å². The highest BCUT2D eigenvalue weighted by molar-refractivity contribution is 7.76. The molecule has 208 valence electrons. The van der Waals surface area contributed by atoms with Gasteiger partial charge in [0.2, 0.25) is 0 Å². The van der Waals surface area contributed by atoms with Crippen LogP contribution < -0.4 is 10.2 Å². The van der Waals surface area contributed by atoms with Crippen LogP contribution in [-0.4, -0.2) is 67.4 Å². The molecule has 1 amide bonds. The van der Waals surface area contributed by atoms with E-state index in [9.17, 15) is 18.4 Å². The van der Waals surface area contributed by atoms with Gasteiger partial charge in [0, 0.05) is 72.4 Å². The van der Waals surface area contributed by atoms with Gasteiger partial charge in [0.25, 0.3) is 5.91 Å². The van der Waals surface area contributed by atoms with Gasteiger partial charge in [0.05, 0.1) is 6.42 Å². The highest BCUT2D eigenvalue weighted by Crippen LogP contribution is 2.20. The number of benzene rings is 3. The first-order valence-electron chi connectivity index (χ1n) is 12.9. The van der Waals surface area contributed by atoms with Gasteiger partial charge < -0.3 is 19.9 Å². The lowest BCUT2D eigenvalue weighted by atomic mass is 10.1. The molecule has 1 saturated heterocycles. The lowest BCUT2D eigenvalue weighted by molar-refractivity contribution is -0.139. The topological polar surface area (TPSA) is 116 Å². The lowest BCUT2D eigenvalue weighted by Gasteiger charge is -2.44. The van der Waals surface area contributed by atoms with Gasteiger partial charge in [0.15, 0.2) is 0 Å². The second-order valence-corrected chi connectivity index (χ2v) is 10.3. The molecule has 10 heteroatoms. The third-order valence-electron chi connectivity index (χ3n) is 6.54. The maximum Gasteiger partial charge on any atom is 0.305 e. The number of carbonyl (C=O) groups excluding carboxylic acids is 1. The highest BCUT2D eigenvalue weighted by Gasteiger charge is 2.28. The Morgan fingerprint density at radius 2 is 1.65 bits per heavy atom. The van der Waals surface area contributed by atoms with E-state index in [1.165, 1.54) is 0 Å². The molecule has 3 aromatic carbocycles. The van der Waals surface area contributed by atoms with Crippen molar-refractivity contribution in [2.75, 3.05) is 31.1 Å². The number of carbonyl (C=O) groups is 2. The van der Waals surface area contributed by atoms with Crippen molar-refractivity contribution >= 4 is 28.8 Å². The smallest absolute Gasteiger partial charge is 0.305 e. The molecule has 1 aliphatic heterocycles. The summed E-state index contributed by atoms with van der Waals surface area (Å²) in [6.45, 7) is 4.14. The van der Waals surface area contributed by atoms with Crippen LogP contribution in [0.4, 0.5) is 5.69 Å². The Bertz CT molecular complexity index is 1400. The lowest BCUT2D eigenvalue weighted by Crippen LogP contribution is -2.57. The highest BCUT2D eigenvalue weighted by atomic mass is 32.2. The summed E-state index contributed by atoms with van der Waals surface area (Å²) < 4.78 is 24.6. The molecule has 0 radical (unpaired) electrons. The summed E-state index contributed by atoms with van der Waals surface area (Å²) in [7, 11) is 0. The Hall–Kier alpha value is -4.01. The molecule has 9 nitrogen and oxygen atoms in total. The van der Waals surface area contributed by atoms with Crippen LogP contribution in [0.25, 0.3) is 0 Å². The van der Waals surface area contributed by atoms with Crippen LogP contribution in [0.2, 0.25) is 0 Å². The summed E-state index contributed by atoms with van der Waals surface area (Å²) in [5.74, 6) is 5.08.